The van der Waals surface area contributed by atoms with Crippen LogP contribution in [0.3, 0.4) is 0 Å². The van der Waals surface area contributed by atoms with E-state index in [0.29, 0.717) is 12.0 Å². The SMILES string of the molecule is Cc1ccc(C(F)(F)F)c(CC(C)I)c1. The molecule has 0 bridgehead atoms. The molecular weight excluding hydrogens is 316 g/mol. The van der Waals surface area contributed by atoms with E-state index in [1.807, 2.05) is 13.8 Å². The van der Waals surface area contributed by atoms with Gasteiger partial charge < -0.3 is 0 Å². The summed E-state index contributed by atoms with van der Waals surface area (Å²) in [5, 5.41) is 0. The van der Waals surface area contributed by atoms with Gasteiger partial charge in [-0.2, -0.15) is 13.2 Å². The van der Waals surface area contributed by atoms with Gasteiger partial charge in [-0.1, -0.05) is 47.2 Å². The van der Waals surface area contributed by atoms with E-state index in [0.717, 1.165) is 5.56 Å². The summed E-state index contributed by atoms with van der Waals surface area (Å²) in [5.74, 6) is 0. The fourth-order valence-electron chi connectivity index (χ4n) is 1.47. The van der Waals surface area contributed by atoms with E-state index in [1.54, 1.807) is 6.07 Å². The predicted octanol–water partition coefficient (Wildman–Crippen LogP) is 4.38. The fourth-order valence-corrected chi connectivity index (χ4v) is 1.95. The molecule has 0 N–H and O–H groups in total. The molecule has 0 fully saturated rings. The average Bonchev–Trinajstić information content (AvgIpc) is 1.99. The summed E-state index contributed by atoms with van der Waals surface area (Å²) in [6, 6.07) is 4.30. The number of alkyl halides is 4. The highest BCUT2D eigenvalue weighted by molar-refractivity contribution is 14.1. The zero-order chi connectivity index (χ0) is 11.6. The van der Waals surface area contributed by atoms with Crippen molar-refractivity contribution in [3.8, 4) is 0 Å². The van der Waals surface area contributed by atoms with Gasteiger partial charge in [-0.15, -0.1) is 0 Å². The summed E-state index contributed by atoms with van der Waals surface area (Å²) in [5.41, 5.74) is 0.760. The Hall–Kier alpha value is -0.260. The zero-order valence-electron chi connectivity index (χ0n) is 8.53. The number of benzene rings is 1. The van der Waals surface area contributed by atoms with E-state index < -0.39 is 11.7 Å². The quantitative estimate of drug-likeness (QED) is 0.558. The van der Waals surface area contributed by atoms with Crippen molar-refractivity contribution < 1.29 is 13.2 Å². The summed E-state index contributed by atoms with van der Waals surface area (Å²) in [6.07, 6.45) is -3.79. The van der Waals surface area contributed by atoms with Gasteiger partial charge in [0.2, 0.25) is 0 Å². The molecule has 0 spiro atoms. The molecule has 4 heteroatoms. The molecule has 1 rings (SSSR count). The van der Waals surface area contributed by atoms with Crippen molar-refractivity contribution in [1.29, 1.82) is 0 Å². The van der Waals surface area contributed by atoms with Gasteiger partial charge in [0.15, 0.2) is 0 Å². The molecule has 1 unspecified atom stereocenters. The van der Waals surface area contributed by atoms with Crippen molar-refractivity contribution in [3.05, 3.63) is 34.9 Å². The first kappa shape index (κ1) is 12.8. The standard InChI is InChI=1S/C11H12F3I/c1-7-3-4-10(11(12,13)14)9(5-7)6-8(2)15/h3-5,8H,6H2,1-2H3. The molecule has 0 nitrogen and oxygen atoms in total. The summed E-state index contributed by atoms with van der Waals surface area (Å²) in [6.45, 7) is 3.71. The lowest BCUT2D eigenvalue weighted by Gasteiger charge is -2.14. The van der Waals surface area contributed by atoms with Gasteiger partial charge in [0.1, 0.15) is 0 Å². The third-order valence-corrected chi connectivity index (χ3v) is 2.51. The highest BCUT2D eigenvalue weighted by atomic mass is 127. The van der Waals surface area contributed by atoms with E-state index in [9.17, 15) is 13.2 Å². The van der Waals surface area contributed by atoms with Crippen molar-refractivity contribution in [3.63, 3.8) is 0 Å². The van der Waals surface area contributed by atoms with Crippen LogP contribution >= 0.6 is 22.6 Å². The van der Waals surface area contributed by atoms with Crippen LogP contribution in [0.5, 0.6) is 0 Å². The third kappa shape index (κ3) is 3.66. The first-order valence-corrected chi connectivity index (χ1v) is 5.86. The summed E-state index contributed by atoms with van der Waals surface area (Å²) in [7, 11) is 0. The van der Waals surface area contributed by atoms with Crippen molar-refractivity contribution >= 4 is 22.6 Å². The molecule has 0 aliphatic heterocycles. The second kappa shape index (κ2) is 4.72. The maximum Gasteiger partial charge on any atom is 0.416 e. The molecule has 0 aliphatic rings. The Morgan fingerprint density at radius 2 is 1.93 bits per heavy atom. The van der Waals surface area contributed by atoms with Gasteiger partial charge in [-0.25, -0.2) is 0 Å². The van der Waals surface area contributed by atoms with Crippen LogP contribution in [0, 0.1) is 6.92 Å². The van der Waals surface area contributed by atoms with Crippen LogP contribution in [0.25, 0.3) is 0 Å². The second-order valence-corrected chi connectivity index (χ2v) is 5.77. The van der Waals surface area contributed by atoms with Gasteiger partial charge in [0, 0.05) is 3.92 Å². The van der Waals surface area contributed by atoms with Gasteiger partial charge >= 0.3 is 6.18 Å². The summed E-state index contributed by atoms with van der Waals surface area (Å²) in [4.78, 5) is 0. The minimum atomic E-state index is -4.24. The molecule has 0 radical (unpaired) electrons. The van der Waals surface area contributed by atoms with E-state index in [1.165, 1.54) is 12.1 Å². The average molecular weight is 328 g/mol. The smallest absolute Gasteiger partial charge is 0.166 e. The van der Waals surface area contributed by atoms with Gasteiger partial charge in [-0.05, 0) is 25.0 Å². The largest absolute Gasteiger partial charge is 0.416 e. The molecule has 1 aromatic carbocycles. The number of rotatable bonds is 2. The Morgan fingerprint density at radius 3 is 2.40 bits per heavy atom. The van der Waals surface area contributed by atoms with E-state index in [-0.39, 0.29) is 3.92 Å². The maximum atomic E-state index is 12.6. The highest BCUT2D eigenvalue weighted by Gasteiger charge is 2.33. The van der Waals surface area contributed by atoms with Crippen LogP contribution in [0.4, 0.5) is 13.2 Å². The minimum Gasteiger partial charge on any atom is -0.166 e. The zero-order valence-corrected chi connectivity index (χ0v) is 10.7. The van der Waals surface area contributed by atoms with E-state index in [4.69, 9.17) is 0 Å². The third-order valence-electron chi connectivity index (χ3n) is 2.07. The second-order valence-electron chi connectivity index (χ2n) is 3.64. The molecule has 0 heterocycles. The summed E-state index contributed by atoms with van der Waals surface area (Å²) >= 11 is 2.14. The topological polar surface area (TPSA) is 0 Å². The lowest BCUT2D eigenvalue weighted by Crippen LogP contribution is -2.11. The summed E-state index contributed by atoms with van der Waals surface area (Å²) < 4.78 is 38.1. The Bertz CT molecular complexity index is 342. The van der Waals surface area contributed by atoms with Crippen LogP contribution in [-0.2, 0) is 12.6 Å². The van der Waals surface area contributed by atoms with Crippen LogP contribution in [0.15, 0.2) is 18.2 Å². The Kier molecular flexibility index (Phi) is 4.03. The lowest BCUT2D eigenvalue weighted by molar-refractivity contribution is -0.138. The molecule has 84 valence electrons. The van der Waals surface area contributed by atoms with Crippen LogP contribution in [0.1, 0.15) is 23.6 Å². The monoisotopic (exact) mass is 328 g/mol. The molecule has 0 saturated heterocycles. The maximum absolute atomic E-state index is 12.6. The van der Waals surface area contributed by atoms with Crippen molar-refractivity contribution in [2.24, 2.45) is 0 Å². The number of halogens is 4. The first-order chi connectivity index (χ1) is 6.80. The number of aryl methyl sites for hydroxylation is 1. The Labute approximate surface area is 101 Å². The van der Waals surface area contributed by atoms with Crippen molar-refractivity contribution in [2.75, 3.05) is 0 Å². The van der Waals surface area contributed by atoms with Gasteiger partial charge in [0.05, 0.1) is 5.56 Å². The molecule has 0 amide bonds. The van der Waals surface area contributed by atoms with Crippen LogP contribution < -0.4 is 0 Å². The molecule has 0 aliphatic carbocycles. The predicted molar refractivity (Wildman–Crippen MR) is 63.4 cm³/mol. The fraction of sp³-hybridized carbons (Fsp3) is 0.455. The number of hydrogen-bond acceptors (Lipinski definition) is 0. The van der Waals surface area contributed by atoms with E-state index >= 15 is 0 Å². The normalized spacial score (nSPS) is 14.0. The molecular formula is C11H12F3I. The van der Waals surface area contributed by atoms with Crippen molar-refractivity contribution in [2.45, 2.75) is 30.4 Å². The van der Waals surface area contributed by atoms with E-state index in [2.05, 4.69) is 22.6 Å². The van der Waals surface area contributed by atoms with Gasteiger partial charge in [-0.3, -0.25) is 0 Å². The van der Waals surface area contributed by atoms with Crippen LogP contribution in [0.2, 0.25) is 0 Å². The molecule has 0 aromatic heterocycles. The Morgan fingerprint density at radius 1 is 1.33 bits per heavy atom. The van der Waals surface area contributed by atoms with Crippen LogP contribution in [-0.4, -0.2) is 3.92 Å². The van der Waals surface area contributed by atoms with Gasteiger partial charge in [0.25, 0.3) is 0 Å². The first-order valence-electron chi connectivity index (χ1n) is 4.61. The molecule has 15 heavy (non-hydrogen) atoms. The lowest BCUT2D eigenvalue weighted by atomic mass is 10.0. The minimum absolute atomic E-state index is 0.200. The highest BCUT2D eigenvalue weighted by Crippen LogP contribution is 2.33. The Balaban J connectivity index is 3.15. The number of hydrogen-bond donors (Lipinski definition) is 0. The van der Waals surface area contributed by atoms with Crippen molar-refractivity contribution in [1.82, 2.24) is 0 Å². The molecule has 1 aromatic rings. The molecule has 0 saturated carbocycles. The molecule has 1 atom stereocenters.